The number of likely N-dealkylation sites (tertiary alicyclic amines) is 1. The van der Waals surface area contributed by atoms with E-state index in [1.165, 1.54) is 0 Å². The number of carbonyl (C=O) groups is 1. The molecule has 0 spiro atoms. The van der Waals surface area contributed by atoms with E-state index < -0.39 is 5.60 Å². The van der Waals surface area contributed by atoms with E-state index in [9.17, 15) is 4.79 Å². The van der Waals surface area contributed by atoms with E-state index in [1.54, 1.807) is 4.90 Å². The molecule has 1 aliphatic rings. The molecule has 1 saturated heterocycles. The third kappa shape index (κ3) is 4.38. The van der Waals surface area contributed by atoms with Crippen LogP contribution in [0.3, 0.4) is 0 Å². The zero-order valence-electron chi connectivity index (χ0n) is 11.4. The number of amides is 1. The second-order valence-corrected chi connectivity index (χ2v) is 6.73. The second kappa shape index (κ2) is 5.70. The first-order valence-electron chi connectivity index (χ1n) is 6.29. The Morgan fingerprint density at radius 3 is 2.74 bits per heavy atom. The number of carbonyl (C=O) groups excluding carboxylic acids is 1. The standard InChI is InChI=1S/C13H19IN2O3/c1-13(2,3)19-12(17)16-7-9(8-16)15-6-10-4-5-11(14)18-10/h4-5,9,15H,6-8H2,1-3H3. The molecule has 1 aromatic rings. The van der Waals surface area contributed by atoms with E-state index >= 15 is 0 Å². The number of hydrogen-bond donors (Lipinski definition) is 1. The van der Waals surface area contributed by atoms with E-state index in [2.05, 4.69) is 27.9 Å². The van der Waals surface area contributed by atoms with Crippen molar-refractivity contribution in [2.75, 3.05) is 13.1 Å². The number of nitrogens with zero attached hydrogens (tertiary/aromatic N) is 1. The molecule has 0 unspecified atom stereocenters. The highest BCUT2D eigenvalue weighted by atomic mass is 127. The lowest BCUT2D eigenvalue weighted by Crippen LogP contribution is -2.60. The van der Waals surface area contributed by atoms with Gasteiger partial charge in [-0.25, -0.2) is 4.79 Å². The molecule has 1 aliphatic heterocycles. The topological polar surface area (TPSA) is 54.7 Å². The number of hydrogen-bond acceptors (Lipinski definition) is 4. The number of halogens is 1. The minimum absolute atomic E-state index is 0.238. The van der Waals surface area contributed by atoms with Gasteiger partial charge in [-0.3, -0.25) is 0 Å². The summed E-state index contributed by atoms with van der Waals surface area (Å²) in [6.45, 7) is 7.69. The summed E-state index contributed by atoms with van der Waals surface area (Å²) in [6.07, 6.45) is -0.238. The summed E-state index contributed by atoms with van der Waals surface area (Å²) in [5, 5.41) is 3.35. The maximum atomic E-state index is 11.7. The fraction of sp³-hybridized carbons (Fsp3) is 0.615. The number of furan rings is 1. The van der Waals surface area contributed by atoms with Crippen LogP contribution in [0.1, 0.15) is 26.5 Å². The highest BCUT2D eigenvalue weighted by Crippen LogP contribution is 2.16. The SMILES string of the molecule is CC(C)(C)OC(=O)N1CC(NCc2ccc(I)o2)C1. The maximum Gasteiger partial charge on any atom is 0.410 e. The van der Waals surface area contributed by atoms with Crippen LogP contribution in [0.15, 0.2) is 16.5 Å². The van der Waals surface area contributed by atoms with Crippen molar-refractivity contribution in [1.82, 2.24) is 10.2 Å². The van der Waals surface area contributed by atoms with Crippen molar-refractivity contribution in [3.63, 3.8) is 0 Å². The van der Waals surface area contributed by atoms with Crippen LogP contribution < -0.4 is 5.32 Å². The molecule has 1 aromatic heterocycles. The van der Waals surface area contributed by atoms with E-state index in [-0.39, 0.29) is 6.09 Å². The van der Waals surface area contributed by atoms with E-state index in [0.29, 0.717) is 25.7 Å². The third-order valence-electron chi connectivity index (χ3n) is 2.73. The summed E-state index contributed by atoms with van der Waals surface area (Å²) in [7, 11) is 0. The predicted molar refractivity (Wildman–Crippen MR) is 79.9 cm³/mol. The molecule has 2 heterocycles. The molecular weight excluding hydrogens is 359 g/mol. The van der Waals surface area contributed by atoms with Crippen molar-refractivity contribution in [2.45, 2.75) is 39.0 Å². The zero-order chi connectivity index (χ0) is 14.0. The highest BCUT2D eigenvalue weighted by molar-refractivity contribution is 14.1. The van der Waals surface area contributed by atoms with Gasteiger partial charge in [0.2, 0.25) is 0 Å². The largest absolute Gasteiger partial charge is 0.454 e. The molecule has 0 aromatic carbocycles. The third-order valence-corrected chi connectivity index (χ3v) is 3.31. The first-order chi connectivity index (χ1) is 8.83. The Morgan fingerprint density at radius 2 is 2.21 bits per heavy atom. The Hall–Kier alpha value is -0.760. The molecule has 1 N–H and O–H groups in total. The molecule has 106 valence electrons. The van der Waals surface area contributed by atoms with Gasteiger partial charge in [-0.05, 0) is 55.5 Å². The van der Waals surface area contributed by atoms with Crippen molar-refractivity contribution >= 4 is 28.7 Å². The fourth-order valence-electron chi connectivity index (χ4n) is 1.77. The first kappa shape index (κ1) is 14.6. The fourth-order valence-corrected chi connectivity index (χ4v) is 2.24. The summed E-state index contributed by atoms with van der Waals surface area (Å²) >= 11 is 2.14. The second-order valence-electron chi connectivity index (χ2n) is 5.67. The lowest BCUT2D eigenvalue weighted by atomic mass is 10.1. The Labute approximate surface area is 126 Å². The minimum Gasteiger partial charge on any atom is -0.454 e. The smallest absolute Gasteiger partial charge is 0.410 e. The first-order valence-corrected chi connectivity index (χ1v) is 7.37. The van der Waals surface area contributed by atoms with Crippen LogP contribution in [0.5, 0.6) is 0 Å². The lowest BCUT2D eigenvalue weighted by molar-refractivity contribution is 0.00505. The van der Waals surface area contributed by atoms with Crippen LogP contribution >= 0.6 is 22.6 Å². The van der Waals surface area contributed by atoms with Crippen molar-refractivity contribution in [1.29, 1.82) is 0 Å². The van der Waals surface area contributed by atoms with Crippen molar-refractivity contribution < 1.29 is 13.9 Å². The average molecular weight is 378 g/mol. The Bertz CT molecular complexity index is 447. The van der Waals surface area contributed by atoms with Gasteiger partial charge in [0, 0.05) is 19.1 Å². The number of nitrogens with one attached hydrogen (secondary N) is 1. The van der Waals surface area contributed by atoms with Crippen LogP contribution in [-0.2, 0) is 11.3 Å². The molecule has 6 heteroatoms. The summed E-state index contributed by atoms with van der Waals surface area (Å²) < 4.78 is 11.6. The van der Waals surface area contributed by atoms with Crippen LogP contribution in [-0.4, -0.2) is 35.7 Å². The van der Waals surface area contributed by atoms with Gasteiger partial charge in [0.1, 0.15) is 11.4 Å². The molecule has 0 aliphatic carbocycles. The molecule has 1 amide bonds. The normalized spacial score (nSPS) is 16.3. The predicted octanol–water partition coefficient (Wildman–Crippen LogP) is 2.59. The monoisotopic (exact) mass is 378 g/mol. The van der Waals surface area contributed by atoms with E-state index in [4.69, 9.17) is 9.15 Å². The van der Waals surface area contributed by atoms with E-state index in [0.717, 1.165) is 9.53 Å². The quantitative estimate of drug-likeness (QED) is 0.822. The molecule has 5 nitrogen and oxygen atoms in total. The zero-order valence-corrected chi connectivity index (χ0v) is 13.6. The van der Waals surface area contributed by atoms with E-state index in [1.807, 2.05) is 32.9 Å². The number of ether oxygens (including phenoxy) is 1. The molecule has 0 radical (unpaired) electrons. The van der Waals surface area contributed by atoms with Gasteiger partial charge in [0.15, 0.2) is 3.77 Å². The van der Waals surface area contributed by atoms with Crippen molar-refractivity contribution in [2.24, 2.45) is 0 Å². The molecule has 0 atom stereocenters. The maximum absolute atomic E-state index is 11.7. The van der Waals surface area contributed by atoms with Crippen LogP contribution in [0.2, 0.25) is 0 Å². The van der Waals surface area contributed by atoms with Crippen molar-refractivity contribution in [3.8, 4) is 0 Å². The van der Waals surface area contributed by atoms with Gasteiger partial charge in [-0.1, -0.05) is 0 Å². The van der Waals surface area contributed by atoms with Gasteiger partial charge in [-0.15, -0.1) is 0 Å². The lowest BCUT2D eigenvalue weighted by Gasteiger charge is -2.40. The van der Waals surface area contributed by atoms with Crippen LogP contribution in [0.4, 0.5) is 4.79 Å². The summed E-state index contributed by atoms with van der Waals surface area (Å²) in [5.74, 6) is 0.917. The summed E-state index contributed by atoms with van der Waals surface area (Å²) in [6, 6.07) is 4.21. The van der Waals surface area contributed by atoms with Gasteiger partial charge in [-0.2, -0.15) is 0 Å². The number of rotatable bonds is 3. The van der Waals surface area contributed by atoms with Gasteiger partial charge < -0.3 is 19.4 Å². The molecule has 0 saturated carbocycles. The Morgan fingerprint density at radius 1 is 1.53 bits per heavy atom. The Balaban J connectivity index is 1.67. The molecule has 1 fully saturated rings. The van der Waals surface area contributed by atoms with Gasteiger partial charge in [0.25, 0.3) is 0 Å². The minimum atomic E-state index is -0.430. The molecule has 2 rings (SSSR count). The molecule has 0 bridgehead atoms. The summed E-state index contributed by atoms with van der Waals surface area (Å²) in [5.41, 5.74) is -0.430. The van der Waals surface area contributed by atoms with Gasteiger partial charge in [0.05, 0.1) is 6.54 Å². The average Bonchev–Trinajstić information content (AvgIpc) is 2.59. The van der Waals surface area contributed by atoms with Crippen molar-refractivity contribution in [3.05, 3.63) is 21.7 Å². The van der Waals surface area contributed by atoms with Crippen LogP contribution in [0.25, 0.3) is 0 Å². The molecule has 19 heavy (non-hydrogen) atoms. The Kier molecular flexibility index (Phi) is 4.39. The van der Waals surface area contributed by atoms with Crippen LogP contribution in [0, 0.1) is 3.77 Å². The highest BCUT2D eigenvalue weighted by Gasteiger charge is 2.33. The summed E-state index contributed by atoms with van der Waals surface area (Å²) in [4.78, 5) is 13.4. The van der Waals surface area contributed by atoms with Gasteiger partial charge >= 0.3 is 6.09 Å². The molecular formula is C13H19IN2O3.